The normalized spacial score (nSPS) is 23.3. The van der Waals surface area contributed by atoms with E-state index in [-0.39, 0.29) is 17.9 Å². The first-order valence-corrected chi connectivity index (χ1v) is 10.1. The van der Waals surface area contributed by atoms with E-state index in [4.69, 9.17) is 0 Å². The molecule has 2 atom stereocenters. The molecule has 4 nitrogen and oxygen atoms in total. The third-order valence-corrected chi connectivity index (χ3v) is 6.11. The molecule has 0 spiro atoms. The summed E-state index contributed by atoms with van der Waals surface area (Å²) < 4.78 is 1.99. The molecule has 1 aliphatic heterocycles. The van der Waals surface area contributed by atoms with Crippen molar-refractivity contribution in [2.24, 2.45) is 5.92 Å². The molecule has 0 saturated heterocycles. The number of hydrogen-bond donors (Lipinski definition) is 1. The third-order valence-electron chi connectivity index (χ3n) is 6.11. The van der Waals surface area contributed by atoms with Crippen LogP contribution < -0.4 is 5.32 Å². The number of ketones is 1. The van der Waals surface area contributed by atoms with Gasteiger partial charge in [0.05, 0.1) is 23.8 Å². The minimum Gasteiger partial charge on any atom is -0.363 e. The summed E-state index contributed by atoms with van der Waals surface area (Å²) in [6, 6.07) is 11.0. The molecule has 2 aromatic rings. The maximum atomic E-state index is 12.9. The van der Waals surface area contributed by atoms with Crippen molar-refractivity contribution in [2.75, 3.05) is 5.32 Å². The Bertz CT molecular complexity index is 746. The Morgan fingerprint density at radius 1 is 1.19 bits per heavy atom. The van der Waals surface area contributed by atoms with Gasteiger partial charge in [0.25, 0.3) is 0 Å². The molecule has 1 aromatic carbocycles. The summed E-state index contributed by atoms with van der Waals surface area (Å²) >= 11 is 0. The predicted molar refractivity (Wildman–Crippen MR) is 105 cm³/mol. The molecule has 1 aromatic heterocycles. The largest absolute Gasteiger partial charge is 0.363 e. The molecule has 1 aliphatic carbocycles. The van der Waals surface area contributed by atoms with E-state index in [0.29, 0.717) is 6.42 Å². The van der Waals surface area contributed by atoms with Crippen LogP contribution in [0.1, 0.15) is 86.3 Å². The summed E-state index contributed by atoms with van der Waals surface area (Å²) in [7, 11) is 0. The van der Waals surface area contributed by atoms with Gasteiger partial charge in [-0.1, -0.05) is 62.4 Å². The average Bonchev–Trinajstić information content (AvgIpc) is 3.12. The maximum absolute atomic E-state index is 12.9. The van der Waals surface area contributed by atoms with Gasteiger partial charge in [-0.2, -0.15) is 5.10 Å². The summed E-state index contributed by atoms with van der Waals surface area (Å²) in [5.74, 6) is 1.89. The predicted octanol–water partition coefficient (Wildman–Crippen LogP) is 5.54. The van der Waals surface area contributed by atoms with Gasteiger partial charge in [-0.15, -0.1) is 0 Å². The van der Waals surface area contributed by atoms with E-state index in [0.717, 1.165) is 30.1 Å². The Kier molecular flexibility index (Phi) is 5.09. The molecule has 0 bridgehead atoms. The lowest BCUT2D eigenvalue weighted by Crippen LogP contribution is -2.26. The monoisotopic (exact) mass is 351 g/mol. The standard InChI is InChI=1S/C22H29N3O/c1-16-14-20(18-10-6-3-7-11-18)24-22-19(15-23-25(16)22)21(26)13-12-17-8-4-2-5-9-17/h3,6-7,10-11,15-17,20,24H,2,4-5,8-9,12-14H2,1H3. The molecule has 1 saturated carbocycles. The number of aromatic nitrogens is 2. The average molecular weight is 351 g/mol. The van der Waals surface area contributed by atoms with Crippen LogP contribution in [0.15, 0.2) is 36.5 Å². The van der Waals surface area contributed by atoms with E-state index >= 15 is 0 Å². The van der Waals surface area contributed by atoms with Crippen molar-refractivity contribution in [3.63, 3.8) is 0 Å². The number of carbonyl (C=O) groups is 1. The van der Waals surface area contributed by atoms with Crippen LogP contribution in [-0.4, -0.2) is 15.6 Å². The minimum absolute atomic E-state index is 0.236. The second kappa shape index (κ2) is 7.65. The Morgan fingerprint density at radius 3 is 2.73 bits per heavy atom. The van der Waals surface area contributed by atoms with Crippen molar-refractivity contribution < 1.29 is 4.79 Å². The highest BCUT2D eigenvalue weighted by atomic mass is 16.1. The van der Waals surface area contributed by atoms with E-state index in [1.807, 2.05) is 10.7 Å². The number of hydrogen-bond acceptors (Lipinski definition) is 3. The highest BCUT2D eigenvalue weighted by Crippen LogP contribution is 2.37. The van der Waals surface area contributed by atoms with E-state index in [1.54, 1.807) is 6.20 Å². The highest BCUT2D eigenvalue weighted by Gasteiger charge is 2.29. The van der Waals surface area contributed by atoms with Gasteiger partial charge in [-0.3, -0.25) is 4.79 Å². The van der Waals surface area contributed by atoms with Crippen molar-refractivity contribution in [1.82, 2.24) is 9.78 Å². The minimum atomic E-state index is 0.236. The fraction of sp³-hybridized carbons (Fsp3) is 0.545. The van der Waals surface area contributed by atoms with E-state index in [1.165, 1.54) is 37.7 Å². The van der Waals surface area contributed by atoms with E-state index in [9.17, 15) is 4.79 Å². The molecule has 0 amide bonds. The zero-order valence-corrected chi connectivity index (χ0v) is 15.7. The molecule has 4 rings (SSSR count). The number of anilines is 1. The van der Waals surface area contributed by atoms with E-state index < -0.39 is 0 Å². The number of nitrogens with zero attached hydrogens (tertiary/aromatic N) is 2. The lowest BCUT2D eigenvalue weighted by Gasteiger charge is -2.31. The Morgan fingerprint density at radius 2 is 1.96 bits per heavy atom. The second-order valence-corrected chi connectivity index (χ2v) is 8.01. The number of Topliss-reactive ketones (excluding diaryl/α,β-unsaturated/α-hetero) is 1. The van der Waals surface area contributed by atoms with Crippen molar-refractivity contribution in [1.29, 1.82) is 0 Å². The maximum Gasteiger partial charge on any atom is 0.168 e. The molecule has 26 heavy (non-hydrogen) atoms. The Balaban J connectivity index is 1.48. The van der Waals surface area contributed by atoms with Crippen molar-refractivity contribution in [3.8, 4) is 0 Å². The van der Waals surface area contributed by atoms with Gasteiger partial charge < -0.3 is 5.32 Å². The molecule has 138 valence electrons. The van der Waals surface area contributed by atoms with Gasteiger partial charge in [-0.05, 0) is 31.2 Å². The lowest BCUT2D eigenvalue weighted by molar-refractivity contribution is 0.0970. The summed E-state index contributed by atoms with van der Waals surface area (Å²) in [6.07, 6.45) is 11.1. The zero-order valence-electron chi connectivity index (χ0n) is 15.7. The number of carbonyl (C=O) groups excluding carboxylic acids is 1. The van der Waals surface area contributed by atoms with Gasteiger partial charge in [0.1, 0.15) is 5.82 Å². The van der Waals surface area contributed by atoms with Crippen LogP contribution in [0.25, 0.3) is 0 Å². The molecule has 2 unspecified atom stereocenters. The van der Waals surface area contributed by atoms with Crippen LogP contribution in [0.5, 0.6) is 0 Å². The molecular weight excluding hydrogens is 322 g/mol. The highest BCUT2D eigenvalue weighted by molar-refractivity contribution is 6.00. The zero-order chi connectivity index (χ0) is 17.9. The lowest BCUT2D eigenvalue weighted by atomic mass is 9.85. The van der Waals surface area contributed by atoms with Gasteiger partial charge in [0.2, 0.25) is 0 Å². The molecule has 4 heteroatoms. The summed E-state index contributed by atoms with van der Waals surface area (Å²) in [5.41, 5.74) is 2.04. The van der Waals surface area contributed by atoms with Gasteiger partial charge in [0, 0.05) is 6.42 Å². The summed E-state index contributed by atoms with van der Waals surface area (Å²) in [4.78, 5) is 12.9. The summed E-state index contributed by atoms with van der Waals surface area (Å²) in [6.45, 7) is 2.18. The number of fused-ring (bicyclic) bond motifs is 1. The smallest absolute Gasteiger partial charge is 0.168 e. The van der Waals surface area contributed by atoms with Crippen LogP contribution in [0.3, 0.4) is 0 Å². The van der Waals surface area contributed by atoms with Crippen LogP contribution in [0.2, 0.25) is 0 Å². The van der Waals surface area contributed by atoms with Crippen LogP contribution in [0, 0.1) is 5.92 Å². The fourth-order valence-electron chi connectivity index (χ4n) is 4.56. The number of rotatable bonds is 5. The SMILES string of the molecule is CC1CC(c2ccccc2)Nc2c(C(=O)CCC3CCCCC3)cnn21. The molecule has 1 N–H and O–H groups in total. The van der Waals surface area contributed by atoms with Crippen molar-refractivity contribution in [3.05, 3.63) is 47.7 Å². The van der Waals surface area contributed by atoms with Crippen molar-refractivity contribution >= 4 is 11.6 Å². The first-order valence-electron chi connectivity index (χ1n) is 10.1. The quantitative estimate of drug-likeness (QED) is 0.719. The van der Waals surface area contributed by atoms with Crippen molar-refractivity contribution in [2.45, 2.75) is 70.4 Å². The third kappa shape index (κ3) is 3.55. The molecule has 2 heterocycles. The number of benzene rings is 1. The molecule has 2 aliphatic rings. The Labute approximate surface area is 156 Å². The van der Waals surface area contributed by atoms with Crippen LogP contribution in [0.4, 0.5) is 5.82 Å². The molecule has 0 radical (unpaired) electrons. The van der Waals surface area contributed by atoms with Crippen LogP contribution in [-0.2, 0) is 0 Å². The first-order chi connectivity index (χ1) is 12.7. The number of nitrogens with one attached hydrogen (secondary N) is 1. The van der Waals surface area contributed by atoms with Crippen LogP contribution >= 0.6 is 0 Å². The summed E-state index contributed by atoms with van der Waals surface area (Å²) in [5, 5.41) is 8.11. The Hall–Kier alpha value is -2.10. The molecular formula is C22H29N3O. The van der Waals surface area contributed by atoms with Gasteiger partial charge >= 0.3 is 0 Å². The fourth-order valence-corrected chi connectivity index (χ4v) is 4.56. The first kappa shape index (κ1) is 17.3. The second-order valence-electron chi connectivity index (χ2n) is 8.01. The van der Waals surface area contributed by atoms with Gasteiger partial charge in [-0.25, -0.2) is 4.68 Å². The van der Waals surface area contributed by atoms with E-state index in [2.05, 4.69) is 41.6 Å². The topological polar surface area (TPSA) is 46.9 Å². The van der Waals surface area contributed by atoms with Gasteiger partial charge in [0.15, 0.2) is 5.78 Å². The molecule has 1 fully saturated rings.